The number of nitrogens with two attached hydrogens (primary N) is 1. The highest BCUT2D eigenvalue weighted by molar-refractivity contribution is 5.94. The van der Waals surface area contributed by atoms with Gasteiger partial charge in [-0.2, -0.15) is 0 Å². The molecule has 1 aromatic rings. The third-order valence-corrected chi connectivity index (χ3v) is 5.49. The summed E-state index contributed by atoms with van der Waals surface area (Å²) in [6.07, 6.45) is 4.53. The second kappa shape index (κ2) is 9.01. The van der Waals surface area contributed by atoms with Gasteiger partial charge in [0.1, 0.15) is 5.69 Å². The van der Waals surface area contributed by atoms with Crippen molar-refractivity contribution in [2.45, 2.75) is 25.7 Å². The third kappa shape index (κ3) is 4.78. The van der Waals surface area contributed by atoms with Crippen LogP contribution in [-0.4, -0.2) is 72.4 Å². The third-order valence-electron chi connectivity index (χ3n) is 5.49. The van der Waals surface area contributed by atoms with Gasteiger partial charge in [-0.1, -0.05) is 12.8 Å². The van der Waals surface area contributed by atoms with Crippen LogP contribution in [-0.2, 0) is 4.79 Å². The number of nitro benzene ring substituents is 1. The van der Waals surface area contributed by atoms with Gasteiger partial charge in [0.15, 0.2) is 0 Å². The van der Waals surface area contributed by atoms with E-state index < -0.39 is 10.8 Å². The summed E-state index contributed by atoms with van der Waals surface area (Å²) in [7, 11) is 0. The smallest absolute Gasteiger partial charge is 0.293 e. The van der Waals surface area contributed by atoms with Gasteiger partial charge in [0.05, 0.1) is 11.5 Å². The number of likely N-dealkylation sites (tertiary alicyclic amines) is 1. The molecule has 0 unspecified atom stereocenters. The molecule has 2 N–H and O–H groups in total. The summed E-state index contributed by atoms with van der Waals surface area (Å²) >= 11 is 0. The Morgan fingerprint density at radius 2 is 1.64 bits per heavy atom. The zero-order valence-electron chi connectivity index (χ0n) is 16.0. The first-order valence-electron chi connectivity index (χ1n) is 9.79. The van der Waals surface area contributed by atoms with Crippen molar-refractivity contribution in [3.05, 3.63) is 33.9 Å². The lowest BCUT2D eigenvalue weighted by Gasteiger charge is -2.36. The predicted molar refractivity (Wildman–Crippen MR) is 105 cm³/mol. The molecule has 0 atom stereocenters. The van der Waals surface area contributed by atoms with Gasteiger partial charge in [0.25, 0.3) is 5.69 Å². The number of nitrogens with zero attached hydrogens (tertiary/aromatic N) is 4. The molecule has 0 aromatic heterocycles. The standard InChI is InChI=1S/C19H27N5O4/c20-19(26)15-5-6-16(17(13-15)24(27)28)22-11-9-21(10-12-22)14-18(25)23-7-3-1-2-4-8-23/h5-6,13H,1-4,7-12,14H2,(H2,20,26). The number of hydrogen-bond acceptors (Lipinski definition) is 6. The number of amides is 2. The number of nitro groups is 1. The van der Waals surface area contributed by atoms with Gasteiger partial charge in [-0.05, 0) is 25.0 Å². The van der Waals surface area contributed by atoms with Gasteiger partial charge in [0, 0.05) is 50.9 Å². The van der Waals surface area contributed by atoms with Gasteiger partial charge < -0.3 is 15.5 Å². The fourth-order valence-corrected chi connectivity index (χ4v) is 3.85. The summed E-state index contributed by atoms with van der Waals surface area (Å²) in [6, 6.07) is 4.32. The molecule has 2 saturated heterocycles. The number of hydrogen-bond donors (Lipinski definition) is 1. The number of rotatable bonds is 5. The maximum absolute atomic E-state index is 12.6. The summed E-state index contributed by atoms with van der Waals surface area (Å²) in [5.74, 6) is -0.515. The first-order chi connectivity index (χ1) is 13.5. The number of carbonyl (C=O) groups is 2. The quantitative estimate of drug-likeness (QED) is 0.598. The molecule has 0 bridgehead atoms. The van der Waals surface area contributed by atoms with Crippen molar-refractivity contribution in [2.24, 2.45) is 5.73 Å². The summed E-state index contributed by atoms with van der Waals surface area (Å²) in [5.41, 5.74) is 5.71. The predicted octanol–water partition coefficient (Wildman–Crippen LogP) is 1.22. The van der Waals surface area contributed by atoms with E-state index in [1.54, 1.807) is 6.07 Å². The van der Waals surface area contributed by atoms with Crippen LogP contribution in [0.25, 0.3) is 0 Å². The van der Waals surface area contributed by atoms with Crippen LogP contribution in [0.3, 0.4) is 0 Å². The van der Waals surface area contributed by atoms with Crippen molar-refractivity contribution in [3.8, 4) is 0 Å². The molecule has 0 saturated carbocycles. The Morgan fingerprint density at radius 1 is 1.00 bits per heavy atom. The zero-order valence-corrected chi connectivity index (χ0v) is 16.0. The van der Waals surface area contributed by atoms with Crippen LogP contribution in [0.15, 0.2) is 18.2 Å². The van der Waals surface area contributed by atoms with E-state index in [-0.39, 0.29) is 17.2 Å². The van der Waals surface area contributed by atoms with Crippen LogP contribution in [0.5, 0.6) is 0 Å². The Kier molecular flexibility index (Phi) is 6.45. The van der Waals surface area contributed by atoms with Crippen LogP contribution >= 0.6 is 0 Å². The molecule has 2 aliphatic heterocycles. The molecule has 2 heterocycles. The molecule has 0 spiro atoms. The summed E-state index contributed by atoms with van der Waals surface area (Å²) in [5, 5.41) is 11.4. The minimum absolute atomic E-state index is 0.120. The highest BCUT2D eigenvalue weighted by atomic mass is 16.6. The number of piperazine rings is 1. The van der Waals surface area contributed by atoms with Crippen molar-refractivity contribution in [1.82, 2.24) is 9.80 Å². The van der Waals surface area contributed by atoms with Crippen LogP contribution in [0.4, 0.5) is 11.4 Å². The second-order valence-corrected chi connectivity index (χ2v) is 7.38. The molecule has 2 fully saturated rings. The maximum atomic E-state index is 12.6. The van der Waals surface area contributed by atoms with E-state index in [9.17, 15) is 19.7 Å². The van der Waals surface area contributed by atoms with E-state index in [1.807, 2.05) is 9.80 Å². The van der Waals surface area contributed by atoms with Crippen molar-refractivity contribution in [1.29, 1.82) is 0 Å². The Morgan fingerprint density at radius 3 is 2.21 bits per heavy atom. The summed E-state index contributed by atoms with van der Waals surface area (Å²) in [6.45, 7) is 4.58. The maximum Gasteiger partial charge on any atom is 0.293 e. The molecule has 0 radical (unpaired) electrons. The Hall–Kier alpha value is -2.68. The van der Waals surface area contributed by atoms with Gasteiger partial charge in [-0.3, -0.25) is 24.6 Å². The molecule has 2 aliphatic rings. The van der Waals surface area contributed by atoms with Gasteiger partial charge in [-0.15, -0.1) is 0 Å². The lowest BCUT2D eigenvalue weighted by atomic mass is 10.1. The Bertz CT molecular complexity index is 738. The van der Waals surface area contributed by atoms with Crippen LogP contribution in [0.2, 0.25) is 0 Å². The van der Waals surface area contributed by atoms with E-state index in [0.29, 0.717) is 38.4 Å². The minimum atomic E-state index is -0.688. The molecule has 152 valence electrons. The molecular weight excluding hydrogens is 362 g/mol. The molecule has 28 heavy (non-hydrogen) atoms. The Balaban J connectivity index is 1.60. The van der Waals surface area contributed by atoms with Crippen molar-refractivity contribution in [2.75, 3.05) is 50.7 Å². The van der Waals surface area contributed by atoms with Gasteiger partial charge >= 0.3 is 0 Å². The number of primary amides is 1. The molecule has 1 aromatic carbocycles. The SMILES string of the molecule is NC(=O)c1ccc(N2CCN(CC(=O)N3CCCCCC3)CC2)c([N+](=O)[O-])c1. The lowest BCUT2D eigenvalue weighted by Crippen LogP contribution is -2.50. The van der Waals surface area contributed by atoms with Crippen molar-refractivity contribution < 1.29 is 14.5 Å². The zero-order chi connectivity index (χ0) is 20.1. The summed E-state index contributed by atoms with van der Waals surface area (Å²) in [4.78, 5) is 40.8. The average molecular weight is 389 g/mol. The van der Waals surface area contributed by atoms with Crippen LogP contribution < -0.4 is 10.6 Å². The normalized spacial score (nSPS) is 18.6. The molecule has 0 aliphatic carbocycles. The van der Waals surface area contributed by atoms with Crippen LogP contribution in [0, 0.1) is 10.1 Å². The van der Waals surface area contributed by atoms with Gasteiger partial charge in [0.2, 0.25) is 11.8 Å². The minimum Gasteiger partial charge on any atom is -0.366 e. The Labute approximate surface area is 164 Å². The monoisotopic (exact) mass is 389 g/mol. The van der Waals surface area contributed by atoms with E-state index in [2.05, 4.69) is 4.90 Å². The van der Waals surface area contributed by atoms with Crippen LogP contribution in [0.1, 0.15) is 36.0 Å². The molecule has 2 amide bonds. The highest BCUT2D eigenvalue weighted by Crippen LogP contribution is 2.30. The molecule has 9 heteroatoms. The molecule has 3 rings (SSSR count). The average Bonchev–Trinajstić information content (AvgIpc) is 2.97. The first kappa shape index (κ1) is 20.1. The van der Waals surface area contributed by atoms with E-state index >= 15 is 0 Å². The number of carbonyl (C=O) groups excluding carboxylic acids is 2. The largest absolute Gasteiger partial charge is 0.366 e. The summed E-state index contributed by atoms with van der Waals surface area (Å²) < 4.78 is 0. The highest BCUT2D eigenvalue weighted by Gasteiger charge is 2.26. The van der Waals surface area contributed by atoms with Crippen molar-refractivity contribution in [3.63, 3.8) is 0 Å². The topological polar surface area (TPSA) is 113 Å². The van der Waals surface area contributed by atoms with E-state index in [1.165, 1.54) is 25.0 Å². The van der Waals surface area contributed by atoms with Gasteiger partial charge in [-0.25, -0.2) is 0 Å². The second-order valence-electron chi connectivity index (χ2n) is 7.38. The lowest BCUT2D eigenvalue weighted by molar-refractivity contribution is -0.384. The first-order valence-corrected chi connectivity index (χ1v) is 9.79. The number of benzene rings is 1. The van der Waals surface area contributed by atoms with Crippen molar-refractivity contribution >= 4 is 23.2 Å². The fourth-order valence-electron chi connectivity index (χ4n) is 3.85. The molecular formula is C19H27N5O4. The van der Waals surface area contributed by atoms with E-state index in [0.717, 1.165) is 25.9 Å². The molecule has 9 nitrogen and oxygen atoms in total. The van der Waals surface area contributed by atoms with E-state index in [4.69, 9.17) is 5.73 Å². The number of anilines is 1. The fraction of sp³-hybridized carbons (Fsp3) is 0.579.